The van der Waals surface area contributed by atoms with Crippen LogP contribution >= 0.6 is 0 Å². The van der Waals surface area contributed by atoms with Crippen LogP contribution in [0.5, 0.6) is 0 Å². The van der Waals surface area contributed by atoms with E-state index in [1.54, 1.807) is 135 Å². The van der Waals surface area contributed by atoms with E-state index in [1.165, 1.54) is 7.11 Å². The minimum absolute atomic E-state index is 0.00413. The minimum Gasteiger partial charge on any atom is -0.453 e. The standard InChI is InChI=1S/C85H87N3O23/c1-52-66(62(48-94-46-54-28-12-4-13-29-54)99-82(96-45-44-87-88-86)68(52)103-76(89)56-32-16-6-17-33-56)108-85-75(106-79(92)59-38-22-9-23-39-59)73(71-65(102-85)51-98-81(110-71)61-42-26-11-27-43-61)111-83-69(104-77(90)57-34-18-7-19-35-57)53(2)67(63(100-83)49-95-47-55-30-14-5-15-31-55)107-84-74(105-78(91)58-36-20-8-21-37-58)72(93-3)70-64(101-84)50-97-80(109-70)60-40-24-10-25-41-60/h4-43,52-53,62-75,80-85H,44-51H2,1-3H3. The predicted molar refractivity (Wildman–Crippen MR) is 393 cm³/mol. The molecule has 6 heterocycles. The van der Waals surface area contributed by atoms with Gasteiger partial charge in [0.25, 0.3) is 0 Å². The first-order valence-corrected chi connectivity index (χ1v) is 37.1. The Morgan fingerprint density at radius 1 is 0.396 bits per heavy atom. The van der Waals surface area contributed by atoms with Gasteiger partial charge in [0.2, 0.25) is 0 Å². The van der Waals surface area contributed by atoms with Crippen LogP contribution in [0.1, 0.15) is 90.1 Å². The highest BCUT2D eigenvalue weighted by Gasteiger charge is 2.61. The van der Waals surface area contributed by atoms with E-state index in [1.807, 2.05) is 121 Å². The molecule has 22 unspecified atom stereocenters. The molecule has 0 amide bonds. The van der Waals surface area contributed by atoms with Gasteiger partial charge >= 0.3 is 23.9 Å². The summed E-state index contributed by atoms with van der Waals surface area (Å²) < 4.78 is 129. The SMILES string of the molecule is COC1C2OC(c3ccccc3)OCC2OC(OC2C(COCc3ccccc3)OC(OC3C4OC(c5ccccc5)OCC4OC(OC4C(COCc5ccccc5)OC(OCCN=[N+]=[N-])C(OC(=O)c5ccccc5)C4C)C3OC(=O)c3ccccc3)C(OC(=O)c3ccccc3)C2C)C1OC(=O)c1ccccc1. The maximum atomic E-state index is 15.3. The molecule has 14 rings (SSSR count). The number of azide groups is 1. The van der Waals surface area contributed by atoms with Crippen LogP contribution in [0, 0.1) is 11.8 Å². The molecule has 26 heteroatoms. The second-order valence-corrected chi connectivity index (χ2v) is 27.5. The summed E-state index contributed by atoms with van der Waals surface area (Å²) in [5, 5.41) is 3.68. The number of nitrogens with zero attached hydrogens (tertiary/aromatic N) is 3. The molecule has 0 N–H and O–H groups in total. The second-order valence-electron chi connectivity index (χ2n) is 27.5. The molecule has 22 atom stereocenters. The Bertz CT molecular complexity index is 4300. The van der Waals surface area contributed by atoms with Crippen molar-refractivity contribution in [1.82, 2.24) is 0 Å². The first-order valence-electron chi connectivity index (χ1n) is 37.1. The van der Waals surface area contributed by atoms with Gasteiger partial charge in [-0.25, -0.2) is 19.2 Å². The third-order valence-electron chi connectivity index (χ3n) is 20.2. The molecule has 6 aliphatic rings. The Hall–Kier alpha value is -9.65. The first-order chi connectivity index (χ1) is 54.4. The van der Waals surface area contributed by atoms with Gasteiger partial charge in [-0.05, 0) is 65.2 Å². The zero-order chi connectivity index (χ0) is 76.4. The highest BCUT2D eigenvalue weighted by molar-refractivity contribution is 5.91. The van der Waals surface area contributed by atoms with Crippen molar-refractivity contribution in [1.29, 1.82) is 0 Å². The van der Waals surface area contributed by atoms with Crippen molar-refractivity contribution in [2.45, 2.75) is 150 Å². The summed E-state index contributed by atoms with van der Waals surface area (Å²) in [5.74, 6) is -4.91. The summed E-state index contributed by atoms with van der Waals surface area (Å²) in [7, 11) is 1.48. The molecular weight excluding hydrogens is 1430 g/mol. The molecule has 0 bridgehead atoms. The van der Waals surface area contributed by atoms with Gasteiger partial charge in [0.15, 0.2) is 62.2 Å². The minimum atomic E-state index is -1.67. The monoisotopic (exact) mass is 1520 g/mol. The van der Waals surface area contributed by atoms with Crippen molar-refractivity contribution in [2.75, 3.05) is 46.7 Å². The largest absolute Gasteiger partial charge is 0.453 e. The maximum Gasteiger partial charge on any atom is 0.338 e. The second kappa shape index (κ2) is 38.0. The lowest BCUT2D eigenvalue weighted by molar-refractivity contribution is -0.408. The van der Waals surface area contributed by atoms with Crippen LogP contribution in [-0.2, 0) is 103 Å². The lowest BCUT2D eigenvalue weighted by Crippen LogP contribution is -2.68. The van der Waals surface area contributed by atoms with E-state index in [9.17, 15) is 15.1 Å². The van der Waals surface area contributed by atoms with Crippen molar-refractivity contribution in [3.05, 3.63) is 298 Å². The fourth-order valence-corrected chi connectivity index (χ4v) is 14.5. The average Bonchev–Trinajstić information content (AvgIpc) is 0.751. The van der Waals surface area contributed by atoms with Gasteiger partial charge in [-0.3, -0.25) is 0 Å². The van der Waals surface area contributed by atoms with E-state index in [0.29, 0.717) is 5.56 Å². The molecule has 6 saturated heterocycles. The summed E-state index contributed by atoms with van der Waals surface area (Å²) in [5.41, 5.74) is 13.1. The quantitative estimate of drug-likeness (QED) is 0.0105. The normalized spacial score (nSPS) is 30.4. The van der Waals surface area contributed by atoms with Gasteiger partial charge in [-0.15, -0.1) is 0 Å². The van der Waals surface area contributed by atoms with Crippen molar-refractivity contribution < 1.29 is 109 Å². The van der Waals surface area contributed by atoms with Crippen LogP contribution in [-0.4, -0.2) is 181 Å². The van der Waals surface area contributed by atoms with Gasteiger partial charge in [0, 0.05) is 41.5 Å². The lowest BCUT2D eigenvalue weighted by atomic mass is 9.89. The van der Waals surface area contributed by atoms with Gasteiger partial charge in [-0.1, -0.05) is 213 Å². The Kier molecular flexibility index (Phi) is 26.8. The molecule has 0 radical (unpaired) electrons. The highest BCUT2D eigenvalue weighted by Crippen LogP contribution is 2.45. The summed E-state index contributed by atoms with van der Waals surface area (Å²) in [4.78, 5) is 62.1. The summed E-state index contributed by atoms with van der Waals surface area (Å²) >= 11 is 0. The van der Waals surface area contributed by atoms with Crippen molar-refractivity contribution in [3.63, 3.8) is 0 Å². The third-order valence-corrected chi connectivity index (χ3v) is 20.2. The van der Waals surface area contributed by atoms with E-state index in [4.69, 9.17) is 90.0 Å². The molecule has 580 valence electrons. The number of hydrogen-bond donors (Lipinski definition) is 0. The first kappa shape index (κ1) is 78.1. The van der Waals surface area contributed by atoms with Crippen LogP contribution < -0.4 is 0 Å². The number of methoxy groups -OCH3 is 1. The van der Waals surface area contributed by atoms with Gasteiger partial charge < -0.3 is 90.0 Å². The number of carbonyl (C=O) groups is 4. The molecule has 0 saturated carbocycles. The zero-order valence-electron chi connectivity index (χ0n) is 61.2. The van der Waals surface area contributed by atoms with E-state index in [2.05, 4.69) is 10.0 Å². The predicted octanol–water partition coefficient (Wildman–Crippen LogP) is 12.2. The van der Waals surface area contributed by atoms with Crippen LogP contribution in [0.3, 0.4) is 0 Å². The van der Waals surface area contributed by atoms with Gasteiger partial charge in [-0.2, -0.15) is 0 Å². The van der Waals surface area contributed by atoms with Crippen LogP contribution in [0.4, 0.5) is 0 Å². The fraction of sp³-hybridized carbons (Fsp3) is 0.388. The lowest BCUT2D eigenvalue weighted by Gasteiger charge is -2.53. The van der Waals surface area contributed by atoms with Gasteiger partial charge in [0.1, 0.15) is 48.8 Å². The summed E-state index contributed by atoms with van der Waals surface area (Å²) in [6.07, 6.45) is -25.0. The highest BCUT2D eigenvalue weighted by atomic mass is 16.8. The molecule has 111 heavy (non-hydrogen) atoms. The van der Waals surface area contributed by atoms with Crippen molar-refractivity contribution in [2.24, 2.45) is 17.0 Å². The summed E-state index contributed by atoms with van der Waals surface area (Å²) in [6, 6.07) is 71.0. The number of hydrogen-bond acceptors (Lipinski definition) is 24. The maximum absolute atomic E-state index is 15.3. The molecule has 26 nitrogen and oxygen atoms in total. The Morgan fingerprint density at radius 3 is 1.13 bits per heavy atom. The molecule has 8 aromatic rings. The molecule has 0 aromatic heterocycles. The van der Waals surface area contributed by atoms with Crippen LogP contribution in [0.2, 0.25) is 0 Å². The summed E-state index contributed by atoms with van der Waals surface area (Å²) in [6.45, 7) is 3.05. The number of esters is 4. The Labute approximate surface area is 641 Å². The molecule has 6 aliphatic heterocycles. The number of rotatable bonds is 29. The third kappa shape index (κ3) is 19.3. The Balaban J connectivity index is 0.862. The number of carbonyl (C=O) groups excluding carboxylic acids is 4. The number of benzene rings is 8. The number of ether oxygens (including phenoxy) is 19. The topological polar surface area (TPSA) is 292 Å². The van der Waals surface area contributed by atoms with E-state index >= 15 is 9.59 Å². The smallest absolute Gasteiger partial charge is 0.338 e. The molecule has 0 spiro atoms. The van der Waals surface area contributed by atoms with Crippen molar-refractivity contribution >= 4 is 23.9 Å². The van der Waals surface area contributed by atoms with E-state index < -0.39 is 159 Å². The molecule has 6 fully saturated rings. The van der Waals surface area contributed by atoms with E-state index in [0.717, 1.165) is 16.7 Å². The Morgan fingerprint density at radius 2 is 0.730 bits per heavy atom. The van der Waals surface area contributed by atoms with E-state index in [-0.39, 0.29) is 75.0 Å². The molecular formula is C85H87N3O23. The molecule has 8 aromatic carbocycles. The fourth-order valence-electron chi connectivity index (χ4n) is 14.5. The van der Waals surface area contributed by atoms with Gasteiger partial charge in [0.05, 0.1) is 80.7 Å². The average molecular weight is 1520 g/mol. The zero-order valence-corrected chi connectivity index (χ0v) is 61.2. The van der Waals surface area contributed by atoms with Crippen molar-refractivity contribution in [3.8, 4) is 0 Å². The number of fused-ring (bicyclic) bond motifs is 2. The van der Waals surface area contributed by atoms with Crippen LogP contribution in [0.25, 0.3) is 10.4 Å². The van der Waals surface area contributed by atoms with Crippen LogP contribution in [0.15, 0.2) is 248 Å². The molecule has 0 aliphatic carbocycles.